The van der Waals surface area contributed by atoms with Crippen molar-refractivity contribution in [1.29, 1.82) is 0 Å². The normalized spacial score (nSPS) is 11.1. The molecule has 1 aromatic carbocycles. The topological polar surface area (TPSA) is 43.6 Å². The van der Waals surface area contributed by atoms with Crippen LogP contribution in [0.5, 0.6) is 0 Å². The van der Waals surface area contributed by atoms with Gasteiger partial charge in [0.25, 0.3) is 0 Å². The summed E-state index contributed by atoms with van der Waals surface area (Å²) in [5.74, 6) is 0.627. The monoisotopic (exact) mass is 258 g/mol. The third-order valence-corrected chi connectivity index (χ3v) is 3.11. The first-order chi connectivity index (χ1) is 8.66. The molecule has 0 aliphatic carbocycles. The van der Waals surface area contributed by atoms with E-state index in [0.717, 1.165) is 16.8 Å². The molecule has 18 heavy (non-hydrogen) atoms. The van der Waals surface area contributed by atoms with E-state index < -0.39 is 0 Å². The van der Waals surface area contributed by atoms with E-state index in [1.54, 1.807) is 13.3 Å². The highest BCUT2D eigenvalue weighted by molar-refractivity contribution is 6.33. The van der Waals surface area contributed by atoms with Crippen LogP contribution < -0.4 is 0 Å². The fraction of sp³-hybridized carbons (Fsp3) is 0.154. The number of aryl methyl sites for hydroxylation is 2. The summed E-state index contributed by atoms with van der Waals surface area (Å²) in [4.78, 5) is 12.8. The van der Waals surface area contributed by atoms with Gasteiger partial charge >= 0.3 is 0 Å². The van der Waals surface area contributed by atoms with Crippen LogP contribution in [0, 0.1) is 13.8 Å². The summed E-state index contributed by atoms with van der Waals surface area (Å²) in [7, 11) is 0. The number of nitrogens with zero attached hydrogens (tertiary/aromatic N) is 4. The molecule has 0 saturated carbocycles. The van der Waals surface area contributed by atoms with Crippen LogP contribution >= 0.6 is 11.6 Å². The molecule has 0 N–H and O–H groups in total. The van der Waals surface area contributed by atoms with Gasteiger partial charge in [-0.05, 0) is 25.5 Å². The Hall–Kier alpha value is -1.94. The van der Waals surface area contributed by atoms with E-state index in [1.165, 1.54) is 0 Å². The van der Waals surface area contributed by atoms with Gasteiger partial charge in [0.15, 0.2) is 10.8 Å². The number of hydrogen-bond donors (Lipinski definition) is 0. The summed E-state index contributed by atoms with van der Waals surface area (Å²) >= 11 is 6.20. The maximum absolute atomic E-state index is 6.20. The van der Waals surface area contributed by atoms with E-state index in [9.17, 15) is 0 Å². The van der Waals surface area contributed by atoms with Crippen LogP contribution in [-0.4, -0.2) is 19.5 Å². The summed E-state index contributed by atoms with van der Waals surface area (Å²) in [6.07, 6.45) is 1.73. The van der Waals surface area contributed by atoms with Crippen molar-refractivity contribution in [3.8, 4) is 5.69 Å². The zero-order valence-corrected chi connectivity index (χ0v) is 10.8. The molecule has 3 aromatic rings. The molecule has 2 aromatic heterocycles. The number of imidazole rings is 1. The molecule has 5 heteroatoms. The molecule has 0 aliphatic rings. The molecular formula is C13H11ClN4. The zero-order valence-electron chi connectivity index (χ0n) is 10.1. The smallest absolute Gasteiger partial charge is 0.182 e. The average Bonchev–Trinajstić information content (AvgIpc) is 2.73. The molecule has 0 atom stereocenters. The molecule has 3 rings (SSSR count). The second-order valence-corrected chi connectivity index (χ2v) is 4.49. The molecule has 0 aliphatic heterocycles. The number of rotatable bonds is 1. The summed E-state index contributed by atoms with van der Waals surface area (Å²) in [5.41, 5.74) is 3.55. The van der Waals surface area contributed by atoms with Crippen molar-refractivity contribution in [2.45, 2.75) is 13.8 Å². The molecule has 0 spiro atoms. The van der Waals surface area contributed by atoms with Crippen LogP contribution in [0.15, 0.2) is 30.6 Å². The first-order valence-electron chi connectivity index (χ1n) is 5.60. The highest BCUT2D eigenvalue weighted by atomic mass is 35.5. The second kappa shape index (κ2) is 4.07. The third-order valence-electron chi connectivity index (χ3n) is 2.85. The van der Waals surface area contributed by atoms with Crippen molar-refractivity contribution >= 4 is 22.8 Å². The Morgan fingerprint density at radius 3 is 2.67 bits per heavy atom. The van der Waals surface area contributed by atoms with E-state index in [4.69, 9.17) is 11.6 Å². The molecule has 0 unspecified atom stereocenters. The van der Waals surface area contributed by atoms with Gasteiger partial charge in [0.05, 0.1) is 5.69 Å². The average molecular weight is 259 g/mol. The van der Waals surface area contributed by atoms with Crippen molar-refractivity contribution in [2.24, 2.45) is 0 Å². The van der Waals surface area contributed by atoms with Gasteiger partial charge in [0.1, 0.15) is 17.7 Å². The molecule has 0 fully saturated rings. The number of hydrogen-bond acceptors (Lipinski definition) is 3. The van der Waals surface area contributed by atoms with Gasteiger partial charge in [-0.3, -0.25) is 4.57 Å². The zero-order chi connectivity index (χ0) is 12.7. The van der Waals surface area contributed by atoms with E-state index in [-0.39, 0.29) is 0 Å². The minimum Gasteiger partial charge on any atom is -0.294 e. The second-order valence-electron chi connectivity index (χ2n) is 4.13. The standard InChI is InChI=1S/C13H11ClN4/c1-8-5-3-4-6-10(8)18-7-15-13-11(18)12(14)16-9(2)17-13/h3-7H,1-2H3. The molecular weight excluding hydrogens is 248 g/mol. The lowest BCUT2D eigenvalue weighted by atomic mass is 10.2. The van der Waals surface area contributed by atoms with Crippen LogP contribution in [0.1, 0.15) is 11.4 Å². The number of fused-ring (bicyclic) bond motifs is 1. The highest BCUT2D eigenvalue weighted by Crippen LogP contribution is 2.24. The van der Waals surface area contributed by atoms with Gasteiger partial charge in [-0.2, -0.15) is 0 Å². The first-order valence-corrected chi connectivity index (χ1v) is 5.98. The lowest BCUT2D eigenvalue weighted by molar-refractivity contribution is 1.05. The van der Waals surface area contributed by atoms with E-state index in [0.29, 0.717) is 16.6 Å². The minimum absolute atomic E-state index is 0.429. The largest absolute Gasteiger partial charge is 0.294 e. The Balaban J connectivity index is 2.35. The fourth-order valence-electron chi connectivity index (χ4n) is 2.00. The molecule has 0 saturated heterocycles. The fourth-order valence-corrected chi connectivity index (χ4v) is 2.30. The minimum atomic E-state index is 0.429. The Labute approximate surface area is 109 Å². The summed E-state index contributed by atoms with van der Waals surface area (Å²) in [6.45, 7) is 3.85. The maximum Gasteiger partial charge on any atom is 0.182 e. The maximum atomic E-state index is 6.20. The van der Waals surface area contributed by atoms with Crippen LogP contribution in [0.3, 0.4) is 0 Å². The van der Waals surface area contributed by atoms with Crippen molar-refractivity contribution < 1.29 is 0 Å². The predicted octanol–water partition coefficient (Wildman–Crippen LogP) is 3.09. The van der Waals surface area contributed by atoms with Gasteiger partial charge in [0.2, 0.25) is 0 Å². The van der Waals surface area contributed by atoms with Gasteiger partial charge in [-0.25, -0.2) is 15.0 Å². The third kappa shape index (κ3) is 1.66. The molecule has 2 heterocycles. The van der Waals surface area contributed by atoms with Gasteiger partial charge in [-0.15, -0.1) is 0 Å². The number of benzene rings is 1. The first kappa shape index (κ1) is 11.2. The van der Waals surface area contributed by atoms with Gasteiger partial charge < -0.3 is 0 Å². The molecule has 4 nitrogen and oxygen atoms in total. The molecule has 0 bridgehead atoms. The lowest BCUT2D eigenvalue weighted by Crippen LogP contribution is -1.97. The Morgan fingerprint density at radius 2 is 1.89 bits per heavy atom. The van der Waals surface area contributed by atoms with Crippen LogP contribution in [0.4, 0.5) is 0 Å². The van der Waals surface area contributed by atoms with Crippen LogP contribution in [0.25, 0.3) is 16.9 Å². The Kier molecular flexibility index (Phi) is 2.52. The van der Waals surface area contributed by atoms with E-state index >= 15 is 0 Å². The lowest BCUT2D eigenvalue weighted by Gasteiger charge is -2.08. The number of para-hydroxylation sites is 1. The molecule has 0 radical (unpaired) electrons. The Morgan fingerprint density at radius 1 is 1.11 bits per heavy atom. The van der Waals surface area contributed by atoms with Crippen molar-refractivity contribution in [2.75, 3.05) is 0 Å². The molecule has 0 amide bonds. The van der Waals surface area contributed by atoms with E-state index in [2.05, 4.69) is 15.0 Å². The van der Waals surface area contributed by atoms with E-state index in [1.807, 2.05) is 35.8 Å². The highest BCUT2D eigenvalue weighted by Gasteiger charge is 2.12. The quantitative estimate of drug-likeness (QED) is 0.630. The number of halogens is 1. The SMILES string of the molecule is Cc1nc(Cl)c2c(ncn2-c2ccccc2C)n1. The number of aromatic nitrogens is 4. The van der Waals surface area contributed by atoms with Crippen molar-refractivity contribution in [1.82, 2.24) is 19.5 Å². The van der Waals surface area contributed by atoms with Crippen molar-refractivity contribution in [3.63, 3.8) is 0 Å². The molecule has 90 valence electrons. The van der Waals surface area contributed by atoms with Gasteiger partial charge in [-0.1, -0.05) is 29.8 Å². The Bertz CT molecular complexity index is 733. The van der Waals surface area contributed by atoms with Crippen molar-refractivity contribution in [3.05, 3.63) is 47.1 Å². The summed E-state index contributed by atoms with van der Waals surface area (Å²) in [5, 5.41) is 0.429. The summed E-state index contributed by atoms with van der Waals surface area (Å²) < 4.78 is 1.92. The van der Waals surface area contributed by atoms with Gasteiger partial charge in [0, 0.05) is 0 Å². The predicted molar refractivity (Wildman–Crippen MR) is 71.1 cm³/mol. The van der Waals surface area contributed by atoms with Crippen LogP contribution in [-0.2, 0) is 0 Å². The summed E-state index contributed by atoms with van der Waals surface area (Å²) in [6, 6.07) is 8.05. The van der Waals surface area contributed by atoms with Crippen LogP contribution in [0.2, 0.25) is 5.15 Å².